The molecule has 28 heavy (non-hydrogen) atoms. The average Bonchev–Trinajstić information content (AvgIpc) is 2.61. The fourth-order valence-electron chi connectivity index (χ4n) is 2.93. The van der Waals surface area contributed by atoms with Crippen LogP contribution in [0.25, 0.3) is 0 Å². The predicted octanol–water partition coefficient (Wildman–Crippen LogP) is 3.97. The highest BCUT2D eigenvalue weighted by atomic mass is 19.4. The lowest BCUT2D eigenvalue weighted by Gasteiger charge is -2.33. The Morgan fingerprint density at radius 2 is 1.79 bits per heavy atom. The van der Waals surface area contributed by atoms with E-state index in [-0.39, 0.29) is 11.4 Å². The number of urea groups is 1. The van der Waals surface area contributed by atoms with E-state index >= 15 is 0 Å². The first-order chi connectivity index (χ1) is 13.1. The Morgan fingerprint density at radius 1 is 1.11 bits per heavy atom. The number of hydrogen-bond acceptors (Lipinski definition) is 2. The van der Waals surface area contributed by atoms with Crippen LogP contribution < -0.4 is 16.0 Å². The number of amides is 3. The van der Waals surface area contributed by atoms with Crippen molar-refractivity contribution in [1.29, 1.82) is 0 Å². The third kappa shape index (κ3) is 4.13. The molecule has 2 atom stereocenters. The zero-order chi connectivity index (χ0) is 20.5. The number of alkyl halides is 3. The molecule has 1 aliphatic rings. The Balaban J connectivity index is 1.88. The van der Waals surface area contributed by atoms with Gasteiger partial charge in [0.15, 0.2) is 0 Å². The van der Waals surface area contributed by atoms with Gasteiger partial charge in [-0.05, 0) is 35.9 Å². The molecule has 3 rings (SSSR count). The van der Waals surface area contributed by atoms with Crippen molar-refractivity contribution in [3.8, 4) is 0 Å². The molecule has 0 saturated carbocycles. The van der Waals surface area contributed by atoms with Crippen LogP contribution in [-0.2, 0) is 11.0 Å². The maximum Gasteiger partial charge on any atom is 0.416 e. The zero-order valence-electron chi connectivity index (χ0n) is 14.3. The van der Waals surface area contributed by atoms with Crippen LogP contribution in [0, 0.1) is 11.7 Å². The fraction of sp³-hybridized carbons (Fsp3) is 0.158. The van der Waals surface area contributed by atoms with E-state index in [2.05, 4.69) is 22.5 Å². The molecule has 0 aromatic heterocycles. The van der Waals surface area contributed by atoms with Gasteiger partial charge in [-0.1, -0.05) is 24.8 Å². The Kier molecular flexibility index (Phi) is 5.08. The van der Waals surface area contributed by atoms with E-state index in [0.29, 0.717) is 5.56 Å². The molecule has 0 aliphatic carbocycles. The van der Waals surface area contributed by atoms with Crippen molar-refractivity contribution >= 4 is 17.6 Å². The van der Waals surface area contributed by atoms with Crippen LogP contribution in [0.1, 0.15) is 17.2 Å². The lowest BCUT2D eigenvalue weighted by Crippen LogP contribution is -2.51. The van der Waals surface area contributed by atoms with Gasteiger partial charge < -0.3 is 16.0 Å². The second-order valence-electron chi connectivity index (χ2n) is 6.20. The van der Waals surface area contributed by atoms with Crippen molar-refractivity contribution < 1.29 is 27.2 Å². The molecule has 0 radical (unpaired) electrons. The Hall–Kier alpha value is -3.36. The van der Waals surface area contributed by atoms with E-state index < -0.39 is 41.5 Å². The van der Waals surface area contributed by atoms with E-state index in [0.717, 1.165) is 12.1 Å². The first-order valence-corrected chi connectivity index (χ1v) is 8.15. The van der Waals surface area contributed by atoms with Crippen LogP contribution in [0.15, 0.2) is 60.8 Å². The number of halogens is 4. The van der Waals surface area contributed by atoms with E-state index in [9.17, 15) is 27.2 Å². The smallest absolute Gasteiger partial charge is 0.330 e. The van der Waals surface area contributed by atoms with Crippen molar-refractivity contribution in [3.63, 3.8) is 0 Å². The van der Waals surface area contributed by atoms with Gasteiger partial charge in [-0.2, -0.15) is 13.2 Å². The molecule has 1 saturated heterocycles. The molecule has 146 valence electrons. The van der Waals surface area contributed by atoms with Gasteiger partial charge in [-0.15, -0.1) is 0 Å². The molecular weight excluding hydrogens is 378 g/mol. The molecule has 3 amide bonds. The summed E-state index contributed by atoms with van der Waals surface area (Å²) in [5.74, 6) is -2.20. The van der Waals surface area contributed by atoms with Gasteiger partial charge in [0, 0.05) is 11.4 Å². The Bertz CT molecular complexity index is 926. The molecule has 1 heterocycles. The van der Waals surface area contributed by atoms with E-state index in [1.165, 1.54) is 36.4 Å². The van der Waals surface area contributed by atoms with Crippen LogP contribution in [-0.4, -0.2) is 11.9 Å². The summed E-state index contributed by atoms with van der Waals surface area (Å²) in [4.78, 5) is 24.6. The molecule has 0 bridgehead atoms. The minimum absolute atomic E-state index is 0.0534. The van der Waals surface area contributed by atoms with Crippen molar-refractivity contribution in [1.82, 2.24) is 10.6 Å². The van der Waals surface area contributed by atoms with E-state index in [1.807, 2.05) is 0 Å². The number of hydrogen-bond donors (Lipinski definition) is 3. The summed E-state index contributed by atoms with van der Waals surface area (Å²) in [6, 6.07) is 7.88. The van der Waals surface area contributed by atoms with Gasteiger partial charge in [-0.3, -0.25) is 4.79 Å². The normalized spacial score (nSPS) is 19.6. The number of nitrogens with one attached hydrogen (secondary N) is 3. The van der Waals surface area contributed by atoms with Gasteiger partial charge in [-0.25, -0.2) is 9.18 Å². The number of carbonyl (C=O) groups is 2. The molecule has 1 aliphatic heterocycles. The average molecular weight is 393 g/mol. The lowest BCUT2D eigenvalue weighted by molar-refractivity contribution is -0.137. The third-order valence-corrected chi connectivity index (χ3v) is 4.24. The first kappa shape index (κ1) is 19.4. The molecule has 9 heteroatoms. The molecule has 3 N–H and O–H groups in total. The van der Waals surface area contributed by atoms with Crippen LogP contribution in [0.3, 0.4) is 0 Å². The zero-order valence-corrected chi connectivity index (χ0v) is 14.3. The molecule has 1 fully saturated rings. The lowest BCUT2D eigenvalue weighted by atomic mass is 9.88. The molecule has 0 spiro atoms. The summed E-state index contributed by atoms with van der Waals surface area (Å²) in [5, 5.41) is 7.36. The minimum atomic E-state index is -4.55. The number of carbonyl (C=O) groups excluding carboxylic acids is 2. The number of anilines is 1. The minimum Gasteiger partial charge on any atom is -0.330 e. The van der Waals surface area contributed by atoms with Crippen molar-refractivity contribution in [2.45, 2.75) is 12.2 Å². The van der Waals surface area contributed by atoms with Crippen LogP contribution in [0.4, 0.5) is 28.0 Å². The van der Waals surface area contributed by atoms with Gasteiger partial charge in [0.2, 0.25) is 5.91 Å². The van der Waals surface area contributed by atoms with Crippen LogP contribution >= 0.6 is 0 Å². The highest BCUT2D eigenvalue weighted by Crippen LogP contribution is 2.33. The molecule has 5 nitrogen and oxygen atoms in total. The topological polar surface area (TPSA) is 70.2 Å². The van der Waals surface area contributed by atoms with Gasteiger partial charge >= 0.3 is 12.2 Å². The van der Waals surface area contributed by atoms with Gasteiger partial charge in [0.05, 0.1) is 11.6 Å². The van der Waals surface area contributed by atoms with Gasteiger partial charge in [0.1, 0.15) is 11.7 Å². The summed E-state index contributed by atoms with van der Waals surface area (Å²) >= 11 is 0. The van der Waals surface area contributed by atoms with E-state index in [4.69, 9.17) is 0 Å². The monoisotopic (exact) mass is 393 g/mol. The standard InChI is InChI=1S/C19H15F4N3O2/c1-10-15(16(26-18(28)24-10)11-5-7-13(20)8-6-11)17(27)25-14-4-2-3-12(9-14)19(21,22)23/h2-9,15-16H,1H2,(H,25,27)(H2,24,26,28)/t15-,16+/m0/s1. The largest absolute Gasteiger partial charge is 0.416 e. The maximum atomic E-state index is 13.2. The van der Waals surface area contributed by atoms with Crippen LogP contribution in [0.5, 0.6) is 0 Å². The van der Waals surface area contributed by atoms with Crippen LogP contribution in [0.2, 0.25) is 0 Å². The fourth-order valence-corrected chi connectivity index (χ4v) is 2.93. The summed E-state index contributed by atoms with van der Waals surface area (Å²) in [5.41, 5.74) is -0.444. The van der Waals surface area contributed by atoms with Crippen molar-refractivity contribution in [3.05, 3.63) is 77.8 Å². The molecular formula is C19H15F4N3O2. The summed E-state index contributed by atoms with van der Waals surface area (Å²) in [6.45, 7) is 3.67. The SMILES string of the molecule is C=C1NC(=O)N[C@H](c2ccc(F)cc2)[C@H]1C(=O)Nc1cccc(C(F)(F)F)c1. The molecule has 2 aromatic carbocycles. The summed E-state index contributed by atoms with van der Waals surface area (Å²) < 4.78 is 51.8. The predicted molar refractivity (Wildman–Crippen MR) is 93.5 cm³/mol. The highest BCUT2D eigenvalue weighted by molar-refractivity contribution is 5.97. The van der Waals surface area contributed by atoms with E-state index in [1.54, 1.807) is 0 Å². The quantitative estimate of drug-likeness (QED) is 0.691. The second-order valence-corrected chi connectivity index (χ2v) is 6.20. The van der Waals surface area contributed by atoms with Crippen molar-refractivity contribution in [2.75, 3.05) is 5.32 Å². The maximum absolute atomic E-state index is 13.2. The Labute approximate surface area is 157 Å². The second kappa shape index (κ2) is 7.34. The highest BCUT2D eigenvalue weighted by Gasteiger charge is 2.38. The summed E-state index contributed by atoms with van der Waals surface area (Å²) in [7, 11) is 0. The Morgan fingerprint density at radius 3 is 2.43 bits per heavy atom. The summed E-state index contributed by atoms with van der Waals surface area (Å²) in [6.07, 6.45) is -4.55. The third-order valence-electron chi connectivity index (χ3n) is 4.24. The number of benzene rings is 2. The van der Waals surface area contributed by atoms with Crippen molar-refractivity contribution in [2.24, 2.45) is 5.92 Å². The molecule has 0 unspecified atom stereocenters. The van der Waals surface area contributed by atoms with Gasteiger partial charge in [0.25, 0.3) is 0 Å². The first-order valence-electron chi connectivity index (χ1n) is 8.15. The molecule has 2 aromatic rings. The number of rotatable bonds is 3.